The lowest BCUT2D eigenvalue weighted by molar-refractivity contribution is -0.122. The van der Waals surface area contributed by atoms with Crippen LogP contribution in [0.3, 0.4) is 0 Å². The van der Waals surface area contributed by atoms with Crippen molar-refractivity contribution < 1.29 is 19.1 Å². The Kier molecular flexibility index (Phi) is 5.26. The lowest BCUT2D eigenvalue weighted by Crippen LogP contribution is -2.28. The van der Waals surface area contributed by atoms with Gasteiger partial charge >= 0.3 is 5.97 Å². The first-order chi connectivity index (χ1) is 12.9. The highest BCUT2D eigenvalue weighted by Crippen LogP contribution is 2.27. The summed E-state index contributed by atoms with van der Waals surface area (Å²) in [7, 11) is 1.31. The number of esters is 1. The standard InChI is InChI=1S/C21H22N2O4/c1-13-7-8-14(2)18(9-13)22-20(25)16-11-19(24)23(12-16)17-6-4-5-15(10-17)21(26)27-3/h4-10,16H,11-12H2,1-3H3,(H,22,25). The van der Waals surface area contributed by atoms with Crippen LogP contribution in [-0.4, -0.2) is 31.4 Å². The molecule has 6 nitrogen and oxygen atoms in total. The van der Waals surface area contributed by atoms with Crippen LogP contribution in [0.1, 0.15) is 27.9 Å². The summed E-state index contributed by atoms with van der Waals surface area (Å²) in [4.78, 5) is 38.4. The molecule has 0 radical (unpaired) electrons. The smallest absolute Gasteiger partial charge is 0.337 e. The second-order valence-corrected chi connectivity index (χ2v) is 6.75. The highest BCUT2D eigenvalue weighted by atomic mass is 16.5. The quantitative estimate of drug-likeness (QED) is 0.844. The fourth-order valence-corrected chi connectivity index (χ4v) is 3.16. The minimum atomic E-state index is -0.465. The Bertz CT molecular complexity index is 907. The molecule has 1 heterocycles. The Morgan fingerprint density at radius 1 is 1.15 bits per heavy atom. The summed E-state index contributed by atoms with van der Waals surface area (Å²) in [6.07, 6.45) is 0.138. The number of benzene rings is 2. The Balaban J connectivity index is 1.74. The predicted molar refractivity (Wildman–Crippen MR) is 103 cm³/mol. The van der Waals surface area contributed by atoms with Gasteiger partial charge in [0.1, 0.15) is 0 Å². The van der Waals surface area contributed by atoms with Crippen LogP contribution in [0.2, 0.25) is 0 Å². The number of carbonyl (C=O) groups is 3. The molecule has 2 amide bonds. The van der Waals surface area contributed by atoms with Crippen LogP contribution in [0.15, 0.2) is 42.5 Å². The van der Waals surface area contributed by atoms with Gasteiger partial charge in [0.05, 0.1) is 18.6 Å². The summed E-state index contributed by atoms with van der Waals surface area (Å²) in [5.41, 5.74) is 3.75. The van der Waals surface area contributed by atoms with Gasteiger partial charge < -0.3 is 15.0 Å². The van der Waals surface area contributed by atoms with Gasteiger partial charge in [-0.1, -0.05) is 18.2 Å². The van der Waals surface area contributed by atoms with Crippen LogP contribution in [0, 0.1) is 19.8 Å². The molecule has 0 aromatic heterocycles. The molecular formula is C21H22N2O4. The maximum absolute atomic E-state index is 12.7. The lowest BCUT2D eigenvalue weighted by atomic mass is 10.1. The molecule has 1 saturated heterocycles. The van der Waals surface area contributed by atoms with E-state index in [0.717, 1.165) is 16.8 Å². The molecule has 0 aliphatic carbocycles. The molecule has 1 fully saturated rings. The molecule has 1 atom stereocenters. The molecule has 1 N–H and O–H groups in total. The fraction of sp³-hybridized carbons (Fsp3) is 0.286. The van der Waals surface area contributed by atoms with E-state index in [2.05, 4.69) is 5.32 Å². The molecule has 1 aliphatic heterocycles. The maximum Gasteiger partial charge on any atom is 0.337 e. The van der Waals surface area contributed by atoms with Gasteiger partial charge in [-0.05, 0) is 49.2 Å². The van der Waals surface area contributed by atoms with Gasteiger partial charge in [0.15, 0.2) is 0 Å². The number of rotatable bonds is 4. The fourth-order valence-electron chi connectivity index (χ4n) is 3.16. The zero-order chi connectivity index (χ0) is 19.6. The van der Waals surface area contributed by atoms with Crippen LogP contribution in [0.25, 0.3) is 0 Å². The highest BCUT2D eigenvalue weighted by molar-refractivity contribution is 6.04. The number of nitrogens with one attached hydrogen (secondary N) is 1. The molecule has 140 valence electrons. The number of hydrogen-bond acceptors (Lipinski definition) is 4. The molecule has 2 aromatic rings. The third kappa shape index (κ3) is 4.00. The maximum atomic E-state index is 12.7. The van der Waals surface area contributed by atoms with Crippen molar-refractivity contribution in [3.8, 4) is 0 Å². The van der Waals surface area contributed by atoms with Crippen molar-refractivity contribution in [1.82, 2.24) is 0 Å². The second-order valence-electron chi connectivity index (χ2n) is 6.75. The van der Waals surface area contributed by atoms with Gasteiger partial charge in [-0.3, -0.25) is 9.59 Å². The summed E-state index contributed by atoms with van der Waals surface area (Å²) < 4.78 is 4.72. The summed E-state index contributed by atoms with van der Waals surface area (Å²) in [6, 6.07) is 12.5. The molecular weight excluding hydrogens is 344 g/mol. The number of carbonyl (C=O) groups excluding carboxylic acids is 3. The molecule has 6 heteroatoms. The van der Waals surface area contributed by atoms with Gasteiger partial charge in [-0.25, -0.2) is 4.79 Å². The van der Waals surface area contributed by atoms with Crippen LogP contribution >= 0.6 is 0 Å². The Hall–Kier alpha value is -3.15. The van der Waals surface area contributed by atoms with E-state index in [0.29, 0.717) is 11.3 Å². The van der Waals surface area contributed by atoms with Gasteiger partial charge in [-0.2, -0.15) is 0 Å². The third-order valence-electron chi connectivity index (χ3n) is 4.73. The molecule has 2 aromatic carbocycles. The molecule has 1 aliphatic rings. The molecule has 0 saturated carbocycles. The normalized spacial score (nSPS) is 16.3. The Labute approximate surface area is 158 Å². The zero-order valence-electron chi connectivity index (χ0n) is 15.6. The number of nitrogens with zero attached hydrogens (tertiary/aromatic N) is 1. The van der Waals surface area contributed by atoms with E-state index in [1.807, 2.05) is 32.0 Å². The molecule has 27 heavy (non-hydrogen) atoms. The second kappa shape index (κ2) is 7.61. The summed E-state index contributed by atoms with van der Waals surface area (Å²) in [5.74, 6) is -1.23. The molecule has 1 unspecified atom stereocenters. The highest BCUT2D eigenvalue weighted by Gasteiger charge is 2.35. The van der Waals surface area contributed by atoms with E-state index in [4.69, 9.17) is 4.74 Å². The first-order valence-corrected chi connectivity index (χ1v) is 8.76. The van der Waals surface area contributed by atoms with Crippen LogP contribution in [0.5, 0.6) is 0 Å². The number of aryl methyl sites for hydroxylation is 2. The summed E-state index contributed by atoms with van der Waals surface area (Å²) in [5, 5.41) is 2.93. The number of ether oxygens (including phenoxy) is 1. The van der Waals surface area contributed by atoms with Crippen LogP contribution in [-0.2, 0) is 14.3 Å². The van der Waals surface area contributed by atoms with E-state index in [-0.39, 0.29) is 24.8 Å². The van der Waals surface area contributed by atoms with Gasteiger partial charge in [0.25, 0.3) is 0 Å². The Morgan fingerprint density at radius 3 is 2.67 bits per heavy atom. The average Bonchev–Trinajstić information content (AvgIpc) is 3.06. The van der Waals surface area contributed by atoms with Gasteiger partial charge in [0.2, 0.25) is 11.8 Å². The van der Waals surface area contributed by atoms with E-state index >= 15 is 0 Å². The van der Waals surface area contributed by atoms with E-state index in [1.165, 1.54) is 7.11 Å². The number of methoxy groups -OCH3 is 1. The van der Waals surface area contributed by atoms with Gasteiger partial charge in [-0.15, -0.1) is 0 Å². The lowest BCUT2D eigenvalue weighted by Gasteiger charge is -2.17. The Morgan fingerprint density at radius 2 is 1.93 bits per heavy atom. The monoisotopic (exact) mass is 366 g/mol. The van der Waals surface area contributed by atoms with E-state index in [9.17, 15) is 14.4 Å². The average molecular weight is 366 g/mol. The first kappa shape index (κ1) is 18.6. The van der Waals surface area contributed by atoms with Crippen molar-refractivity contribution in [3.05, 3.63) is 59.2 Å². The zero-order valence-corrected chi connectivity index (χ0v) is 15.6. The van der Waals surface area contributed by atoms with Crippen molar-refractivity contribution in [2.75, 3.05) is 23.9 Å². The van der Waals surface area contributed by atoms with Crippen molar-refractivity contribution >= 4 is 29.2 Å². The van der Waals surface area contributed by atoms with E-state index < -0.39 is 11.9 Å². The van der Waals surface area contributed by atoms with Crippen molar-refractivity contribution in [2.45, 2.75) is 20.3 Å². The molecule has 0 spiro atoms. The van der Waals surface area contributed by atoms with Crippen molar-refractivity contribution in [1.29, 1.82) is 0 Å². The minimum Gasteiger partial charge on any atom is -0.465 e. The summed E-state index contributed by atoms with van der Waals surface area (Å²) in [6.45, 7) is 4.17. The SMILES string of the molecule is COC(=O)c1cccc(N2CC(C(=O)Nc3cc(C)ccc3C)CC2=O)c1. The number of amides is 2. The third-order valence-corrected chi connectivity index (χ3v) is 4.73. The van der Waals surface area contributed by atoms with E-state index in [1.54, 1.807) is 29.2 Å². The largest absolute Gasteiger partial charge is 0.465 e. The molecule has 0 bridgehead atoms. The van der Waals surface area contributed by atoms with Crippen molar-refractivity contribution in [2.24, 2.45) is 5.92 Å². The number of hydrogen-bond donors (Lipinski definition) is 1. The topological polar surface area (TPSA) is 75.7 Å². The first-order valence-electron chi connectivity index (χ1n) is 8.76. The minimum absolute atomic E-state index is 0.138. The predicted octanol–water partition coefficient (Wildman–Crippen LogP) is 3.08. The summed E-state index contributed by atoms with van der Waals surface area (Å²) >= 11 is 0. The molecule has 3 rings (SSSR count). The van der Waals surface area contributed by atoms with Crippen LogP contribution < -0.4 is 10.2 Å². The van der Waals surface area contributed by atoms with Crippen LogP contribution in [0.4, 0.5) is 11.4 Å². The van der Waals surface area contributed by atoms with Crippen molar-refractivity contribution in [3.63, 3.8) is 0 Å². The van der Waals surface area contributed by atoms with Gasteiger partial charge in [0, 0.05) is 24.3 Å². The number of anilines is 2.